The SMILES string of the molecule is CCC1CCCP1CC. The molecular formula is C8H17P. The van der Waals surface area contributed by atoms with Crippen molar-refractivity contribution in [2.75, 3.05) is 12.3 Å². The third kappa shape index (κ3) is 1.67. The summed E-state index contributed by atoms with van der Waals surface area (Å²) in [6, 6.07) is 0. The Bertz CT molecular complexity index is 70.6. The first-order chi connectivity index (χ1) is 4.38. The number of rotatable bonds is 2. The molecule has 0 nitrogen and oxygen atoms in total. The third-order valence-corrected chi connectivity index (χ3v) is 5.74. The second-order valence-corrected chi connectivity index (χ2v) is 5.82. The molecule has 1 heterocycles. The van der Waals surface area contributed by atoms with Gasteiger partial charge in [-0.15, -0.1) is 7.92 Å². The van der Waals surface area contributed by atoms with Crippen LogP contribution in [0.15, 0.2) is 0 Å². The summed E-state index contributed by atoms with van der Waals surface area (Å²) in [5.41, 5.74) is 1.14. The summed E-state index contributed by atoms with van der Waals surface area (Å²) in [4.78, 5) is 0. The first-order valence-corrected chi connectivity index (χ1v) is 5.90. The van der Waals surface area contributed by atoms with E-state index in [1.807, 2.05) is 0 Å². The van der Waals surface area contributed by atoms with E-state index in [9.17, 15) is 0 Å². The summed E-state index contributed by atoms with van der Waals surface area (Å²) in [6.45, 7) is 4.71. The lowest BCUT2D eigenvalue weighted by Crippen LogP contribution is -1.97. The third-order valence-electron chi connectivity index (χ3n) is 2.38. The zero-order valence-electron chi connectivity index (χ0n) is 6.56. The van der Waals surface area contributed by atoms with Gasteiger partial charge in [-0.2, -0.15) is 0 Å². The molecular weight excluding hydrogens is 127 g/mol. The van der Waals surface area contributed by atoms with Crippen molar-refractivity contribution in [3.63, 3.8) is 0 Å². The summed E-state index contributed by atoms with van der Waals surface area (Å²) in [5.74, 6) is 0. The number of hydrogen-bond donors (Lipinski definition) is 0. The van der Waals surface area contributed by atoms with Crippen molar-refractivity contribution in [3.8, 4) is 0 Å². The highest BCUT2D eigenvalue weighted by Gasteiger charge is 2.22. The van der Waals surface area contributed by atoms with E-state index in [0.717, 1.165) is 5.66 Å². The first kappa shape index (κ1) is 7.54. The monoisotopic (exact) mass is 144 g/mol. The fourth-order valence-corrected chi connectivity index (χ4v) is 4.62. The predicted octanol–water partition coefficient (Wildman–Crippen LogP) is 3.06. The second kappa shape index (κ2) is 3.56. The summed E-state index contributed by atoms with van der Waals surface area (Å²) >= 11 is 0. The van der Waals surface area contributed by atoms with E-state index in [1.165, 1.54) is 25.4 Å². The maximum atomic E-state index is 2.36. The Morgan fingerprint density at radius 3 is 2.67 bits per heavy atom. The first-order valence-electron chi connectivity index (χ1n) is 4.12. The van der Waals surface area contributed by atoms with Crippen LogP contribution in [0.1, 0.15) is 33.1 Å². The van der Waals surface area contributed by atoms with Gasteiger partial charge in [-0.25, -0.2) is 0 Å². The average molecular weight is 144 g/mol. The molecule has 2 atom stereocenters. The van der Waals surface area contributed by atoms with Crippen molar-refractivity contribution in [3.05, 3.63) is 0 Å². The molecule has 0 bridgehead atoms. The van der Waals surface area contributed by atoms with E-state index >= 15 is 0 Å². The minimum atomic E-state index is 0.494. The standard InChI is InChI=1S/C8H17P/c1-3-8-6-5-7-9(8)4-2/h8H,3-7H2,1-2H3. The van der Waals surface area contributed by atoms with Crippen LogP contribution in [0.3, 0.4) is 0 Å². The van der Waals surface area contributed by atoms with Crippen LogP contribution < -0.4 is 0 Å². The lowest BCUT2D eigenvalue weighted by molar-refractivity contribution is 0.755. The highest BCUT2D eigenvalue weighted by Crippen LogP contribution is 2.50. The Balaban J connectivity index is 2.32. The largest absolute Gasteiger partial charge is 0.104 e. The van der Waals surface area contributed by atoms with E-state index in [0.29, 0.717) is 7.92 Å². The van der Waals surface area contributed by atoms with Gasteiger partial charge in [0.05, 0.1) is 0 Å². The van der Waals surface area contributed by atoms with Crippen LogP contribution >= 0.6 is 7.92 Å². The van der Waals surface area contributed by atoms with Crippen LogP contribution in [-0.2, 0) is 0 Å². The Kier molecular flexibility index (Phi) is 2.98. The molecule has 1 saturated heterocycles. The van der Waals surface area contributed by atoms with Gasteiger partial charge < -0.3 is 0 Å². The van der Waals surface area contributed by atoms with Gasteiger partial charge in [0.2, 0.25) is 0 Å². The maximum absolute atomic E-state index is 2.36. The molecule has 1 rings (SSSR count). The summed E-state index contributed by atoms with van der Waals surface area (Å²) in [5, 5.41) is 0. The van der Waals surface area contributed by atoms with E-state index in [1.54, 1.807) is 6.16 Å². The van der Waals surface area contributed by atoms with E-state index < -0.39 is 0 Å². The van der Waals surface area contributed by atoms with Gasteiger partial charge >= 0.3 is 0 Å². The molecule has 1 heteroatoms. The second-order valence-electron chi connectivity index (χ2n) is 2.83. The van der Waals surface area contributed by atoms with Gasteiger partial charge in [0.1, 0.15) is 0 Å². The Hall–Kier alpha value is 0.430. The van der Waals surface area contributed by atoms with Crippen LogP contribution in [0, 0.1) is 0 Å². The minimum absolute atomic E-state index is 0.494. The van der Waals surface area contributed by atoms with Crippen LogP contribution in [-0.4, -0.2) is 18.0 Å². The van der Waals surface area contributed by atoms with Crippen molar-refractivity contribution in [2.24, 2.45) is 0 Å². The van der Waals surface area contributed by atoms with Crippen LogP contribution in [0.4, 0.5) is 0 Å². The van der Waals surface area contributed by atoms with Crippen LogP contribution in [0.2, 0.25) is 0 Å². The molecule has 0 N–H and O–H groups in total. The molecule has 1 fully saturated rings. The molecule has 0 aromatic heterocycles. The molecule has 1 aliphatic heterocycles. The van der Waals surface area contributed by atoms with Crippen molar-refractivity contribution in [2.45, 2.75) is 38.8 Å². The zero-order valence-corrected chi connectivity index (χ0v) is 7.45. The van der Waals surface area contributed by atoms with Crippen molar-refractivity contribution >= 4 is 7.92 Å². The topological polar surface area (TPSA) is 0 Å². The lowest BCUT2D eigenvalue weighted by Gasteiger charge is -2.15. The molecule has 9 heavy (non-hydrogen) atoms. The quantitative estimate of drug-likeness (QED) is 0.522. The molecule has 0 aliphatic carbocycles. The van der Waals surface area contributed by atoms with Crippen molar-refractivity contribution in [1.82, 2.24) is 0 Å². The molecule has 54 valence electrons. The average Bonchev–Trinajstić information content (AvgIpc) is 2.33. The van der Waals surface area contributed by atoms with Gasteiger partial charge in [0, 0.05) is 0 Å². The minimum Gasteiger partial charge on any atom is -0.104 e. The number of hydrogen-bond acceptors (Lipinski definition) is 0. The predicted molar refractivity (Wildman–Crippen MR) is 45.6 cm³/mol. The fourth-order valence-electron chi connectivity index (χ4n) is 1.77. The molecule has 0 aromatic carbocycles. The van der Waals surface area contributed by atoms with E-state index in [4.69, 9.17) is 0 Å². The van der Waals surface area contributed by atoms with E-state index in [-0.39, 0.29) is 0 Å². The smallest absolute Gasteiger partial charge is 0.0212 e. The van der Waals surface area contributed by atoms with Gasteiger partial charge in [0.25, 0.3) is 0 Å². The molecule has 2 unspecified atom stereocenters. The molecule has 0 saturated carbocycles. The van der Waals surface area contributed by atoms with Crippen LogP contribution in [0.5, 0.6) is 0 Å². The molecule has 0 amide bonds. The van der Waals surface area contributed by atoms with Crippen molar-refractivity contribution in [1.29, 1.82) is 0 Å². The lowest BCUT2D eigenvalue weighted by atomic mass is 10.2. The molecule has 0 spiro atoms. The van der Waals surface area contributed by atoms with E-state index in [2.05, 4.69) is 13.8 Å². The summed E-state index contributed by atoms with van der Waals surface area (Å²) in [7, 11) is 0.494. The molecule has 0 radical (unpaired) electrons. The normalized spacial score (nSPS) is 35.3. The molecule has 1 aliphatic rings. The maximum Gasteiger partial charge on any atom is -0.0212 e. The van der Waals surface area contributed by atoms with Crippen LogP contribution in [0.25, 0.3) is 0 Å². The highest BCUT2D eigenvalue weighted by atomic mass is 31.1. The Labute approximate surface area is 59.8 Å². The molecule has 0 aromatic rings. The summed E-state index contributed by atoms with van der Waals surface area (Å²) in [6.07, 6.45) is 7.56. The van der Waals surface area contributed by atoms with Gasteiger partial charge in [-0.1, -0.05) is 13.8 Å². The fraction of sp³-hybridized carbons (Fsp3) is 1.00. The highest BCUT2D eigenvalue weighted by molar-refractivity contribution is 7.58. The Morgan fingerprint density at radius 1 is 1.44 bits per heavy atom. The van der Waals surface area contributed by atoms with Gasteiger partial charge in [-0.05, 0) is 37.2 Å². The zero-order chi connectivity index (χ0) is 6.69. The van der Waals surface area contributed by atoms with Gasteiger partial charge in [0.15, 0.2) is 0 Å². The van der Waals surface area contributed by atoms with Crippen molar-refractivity contribution < 1.29 is 0 Å². The Morgan fingerprint density at radius 2 is 2.22 bits per heavy atom. The summed E-state index contributed by atoms with van der Waals surface area (Å²) < 4.78 is 0. The van der Waals surface area contributed by atoms with Gasteiger partial charge in [-0.3, -0.25) is 0 Å².